The van der Waals surface area contributed by atoms with Crippen LogP contribution in [0.3, 0.4) is 0 Å². The molecule has 0 N–H and O–H groups in total. The van der Waals surface area contributed by atoms with Crippen LogP contribution in [0.1, 0.15) is 19.3 Å². The van der Waals surface area contributed by atoms with Crippen LogP contribution in [-0.2, 0) is 16.6 Å². The first-order chi connectivity index (χ1) is 9.58. The summed E-state index contributed by atoms with van der Waals surface area (Å²) in [5.41, 5.74) is 0.379. The van der Waals surface area contributed by atoms with Crippen LogP contribution in [0, 0.1) is 23.7 Å². The fraction of sp³-hybridized carbons (Fsp3) is 0.533. The minimum atomic E-state index is -0.145. The van der Waals surface area contributed by atoms with E-state index in [-0.39, 0.29) is 29.2 Å². The van der Waals surface area contributed by atoms with Crippen LogP contribution in [0.2, 0.25) is 0 Å². The molecule has 104 valence electrons. The fourth-order valence-electron chi connectivity index (χ4n) is 4.37. The summed E-state index contributed by atoms with van der Waals surface area (Å²) in [5, 5.41) is 0. The van der Waals surface area contributed by atoms with Crippen molar-refractivity contribution in [2.45, 2.75) is 19.3 Å². The predicted octanol–water partition coefficient (Wildman–Crippen LogP) is 0.921. The summed E-state index contributed by atoms with van der Waals surface area (Å²) < 4.78 is 1.40. The normalized spacial score (nSPS) is 35.0. The first-order valence-electron chi connectivity index (χ1n) is 7.12. The molecule has 3 aliphatic rings. The van der Waals surface area contributed by atoms with Crippen LogP contribution >= 0.6 is 0 Å². The molecule has 2 saturated carbocycles. The topological polar surface area (TPSA) is 59.4 Å². The quantitative estimate of drug-likeness (QED) is 0.714. The number of rotatable bonds is 1. The Kier molecular flexibility index (Phi) is 2.26. The Morgan fingerprint density at radius 3 is 2.15 bits per heavy atom. The molecule has 0 spiro atoms. The maximum atomic E-state index is 12.6. The van der Waals surface area contributed by atoms with Crippen molar-refractivity contribution < 1.29 is 9.59 Å². The Balaban J connectivity index is 1.76. The number of amides is 2. The van der Waals surface area contributed by atoms with Crippen LogP contribution in [0.4, 0.5) is 5.69 Å². The molecule has 3 fully saturated rings. The van der Waals surface area contributed by atoms with Gasteiger partial charge in [0.25, 0.3) is 0 Å². The van der Waals surface area contributed by atoms with Crippen LogP contribution < -0.4 is 10.5 Å². The third-order valence-electron chi connectivity index (χ3n) is 5.26. The molecule has 0 aromatic carbocycles. The molecule has 1 saturated heterocycles. The Bertz CT molecular complexity index is 650. The first-order valence-corrected chi connectivity index (χ1v) is 7.12. The van der Waals surface area contributed by atoms with E-state index >= 15 is 0 Å². The highest BCUT2D eigenvalue weighted by molar-refractivity contribution is 6.22. The van der Waals surface area contributed by atoms with Crippen molar-refractivity contribution in [1.29, 1.82) is 0 Å². The molecular formula is C15H16N2O3. The van der Waals surface area contributed by atoms with E-state index in [0.29, 0.717) is 17.5 Å². The van der Waals surface area contributed by atoms with Gasteiger partial charge in [-0.15, -0.1) is 0 Å². The number of carbonyl (C=O) groups is 2. The van der Waals surface area contributed by atoms with Crippen molar-refractivity contribution in [2.75, 3.05) is 4.90 Å². The maximum Gasteiger partial charge on any atom is 0.250 e. The molecule has 1 aromatic rings. The van der Waals surface area contributed by atoms with E-state index in [1.807, 2.05) is 0 Å². The number of anilines is 1. The number of fused-ring (bicyclic) bond motifs is 5. The van der Waals surface area contributed by atoms with E-state index in [4.69, 9.17) is 0 Å². The molecule has 2 heterocycles. The molecule has 20 heavy (non-hydrogen) atoms. The zero-order chi connectivity index (χ0) is 14.0. The Morgan fingerprint density at radius 1 is 1.00 bits per heavy atom. The summed E-state index contributed by atoms with van der Waals surface area (Å²) in [7, 11) is 1.63. The minimum absolute atomic E-state index is 0.0640. The summed E-state index contributed by atoms with van der Waals surface area (Å²) in [6.45, 7) is 0. The lowest BCUT2D eigenvalue weighted by atomic mass is 9.81. The molecule has 1 aromatic heterocycles. The second-order valence-corrected chi connectivity index (χ2v) is 6.23. The zero-order valence-electron chi connectivity index (χ0n) is 11.3. The highest BCUT2D eigenvalue weighted by atomic mass is 16.2. The van der Waals surface area contributed by atoms with Gasteiger partial charge in [0.05, 0.1) is 17.5 Å². The molecule has 2 aliphatic carbocycles. The van der Waals surface area contributed by atoms with Crippen LogP contribution in [0.15, 0.2) is 23.1 Å². The fourth-order valence-corrected chi connectivity index (χ4v) is 4.37. The second kappa shape index (κ2) is 3.81. The first kappa shape index (κ1) is 11.9. The third-order valence-corrected chi connectivity index (χ3v) is 5.26. The lowest BCUT2D eigenvalue weighted by Crippen LogP contribution is -2.33. The number of aryl methyl sites for hydroxylation is 1. The summed E-state index contributed by atoms with van der Waals surface area (Å²) in [4.78, 5) is 37.9. The van der Waals surface area contributed by atoms with Crippen molar-refractivity contribution in [1.82, 2.24) is 4.57 Å². The maximum absolute atomic E-state index is 12.6. The summed E-state index contributed by atoms with van der Waals surface area (Å²) >= 11 is 0. The molecule has 2 bridgehead atoms. The number of nitrogens with zero attached hydrogens (tertiary/aromatic N) is 2. The van der Waals surface area contributed by atoms with Gasteiger partial charge in [0.1, 0.15) is 0 Å². The molecule has 0 radical (unpaired) electrons. The average molecular weight is 272 g/mol. The van der Waals surface area contributed by atoms with Gasteiger partial charge in [-0.25, -0.2) is 4.90 Å². The SMILES string of the molecule is Cn1cc(N2C(=O)[C@@H]3C4CCC(C4)[C@@H]3C2=O)ccc1=O. The Hall–Kier alpha value is -1.91. The Labute approximate surface area is 116 Å². The number of hydrogen-bond acceptors (Lipinski definition) is 3. The minimum Gasteiger partial charge on any atom is -0.316 e. The van der Waals surface area contributed by atoms with E-state index < -0.39 is 0 Å². The summed E-state index contributed by atoms with van der Waals surface area (Å²) in [5.74, 6) is 0.423. The van der Waals surface area contributed by atoms with E-state index in [2.05, 4.69) is 0 Å². The smallest absolute Gasteiger partial charge is 0.250 e. The number of imide groups is 1. The van der Waals surface area contributed by atoms with Crippen molar-refractivity contribution in [2.24, 2.45) is 30.7 Å². The van der Waals surface area contributed by atoms with Gasteiger partial charge in [-0.05, 0) is 37.2 Å². The monoisotopic (exact) mass is 272 g/mol. The molecule has 4 atom stereocenters. The van der Waals surface area contributed by atoms with Crippen LogP contribution in [-0.4, -0.2) is 16.4 Å². The summed E-state index contributed by atoms with van der Waals surface area (Å²) in [6, 6.07) is 2.97. The van der Waals surface area contributed by atoms with Gasteiger partial charge in [-0.1, -0.05) is 0 Å². The van der Waals surface area contributed by atoms with Crippen LogP contribution in [0.25, 0.3) is 0 Å². The van der Waals surface area contributed by atoms with Crippen molar-refractivity contribution in [3.8, 4) is 0 Å². The molecular weight excluding hydrogens is 256 g/mol. The lowest BCUT2D eigenvalue weighted by Gasteiger charge is -2.19. The molecule has 4 rings (SSSR count). The summed E-state index contributed by atoms with van der Waals surface area (Å²) in [6.07, 6.45) is 4.76. The van der Waals surface area contributed by atoms with E-state index in [1.165, 1.54) is 15.5 Å². The molecule has 1 aliphatic heterocycles. The molecule has 5 nitrogen and oxygen atoms in total. The van der Waals surface area contributed by atoms with E-state index in [1.54, 1.807) is 19.3 Å². The van der Waals surface area contributed by atoms with Crippen molar-refractivity contribution >= 4 is 17.5 Å². The predicted molar refractivity (Wildman–Crippen MR) is 72.0 cm³/mol. The number of hydrogen-bond donors (Lipinski definition) is 0. The number of pyridine rings is 1. The van der Waals surface area contributed by atoms with Crippen LogP contribution in [0.5, 0.6) is 0 Å². The average Bonchev–Trinajstić information content (AvgIpc) is 3.08. The van der Waals surface area contributed by atoms with Gasteiger partial charge >= 0.3 is 0 Å². The van der Waals surface area contributed by atoms with Gasteiger partial charge in [-0.3, -0.25) is 14.4 Å². The molecule has 2 unspecified atom stereocenters. The highest BCUT2D eigenvalue weighted by Gasteiger charge is 2.61. The third kappa shape index (κ3) is 1.35. The van der Waals surface area contributed by atoms with Crippen molar-refractivity contribution in [3.05, 3.63) is 28.7 Å². The van der Waals surface area contributed by atoms with Gasteiger partial charge in [0.15, 0.2) is 0 Å². The Morgan fingerprint density at radius 2 is 1.60 bits per heavy atom. The molecule has 2 amide bonds. The zero-order valence-corrected chi connectivity index (χ0v) is 11.3. The second-order valence-electron chi connectivity index (χ2n) is 6.23. The van der Waals surface area contributed by atoms with Gasteiger partial charge in [0, 0.05) is 19.3 Å². The molecule has 5 heteroatoms. The van der Waals surface area contributed by atoms with Crippen molar-refractivity contribution in [3.63, 3.8) is 0 Å². The number of aromatic nitrogens is 1. The largest absolute Gasteiger partial charge is 0.316 e. The lowest BCUT2D eigenvalue weighted by molar-refractivity contribution is -0.123. The van der Waals surface area contributed by atoms with E-state index in [0.717, 1.165) is 19.3 Å². The highest BCUT2D eigenvalue weighted by Crippen LogP contribution is 2.56. The number of carbonyl (C=O) groups excluding carboxylic acids is 2. The standard InChI is InChI=1S/C15H16N2O3/c1-16-7-10(4-5-11(16)18)17-14(19)12-8-2-3-9(6-8)13(12)15(17)20/h4-5,7-9,12-13H,2-3,6H2,1H3/t8?,9?,12-,13+. The van der Waals surface area contributed by atoms with E-state index in [9.17, 15) is 14.4 Å². The van der Waals surface area contributed by atoms with Gasteiger partial charge in [0.2, 0.25) is 17.4 Å². The van der Waals surface area contributed by atoms with Gasteiger partial charge < -0.3 is 4.57 Å². The van der Waals surface area contributed by atoms with Gasteiger partial charge in [-0.2, -0.15) is 0 Å².